The van der Waals surface area contributed by atoms with E-state index in [0.717, 1.165) is 18.6 Å². The fourth-order valence-corrected chi connectivity index (χ4v) is 2.30. The molecule has 4 nitrogen and oxygen atoms in total. The van der Waals surface area contributed by atoms with Crippen LogP contribution in [0.2, 0.25) is 0 Å². The fourth-order valence-electron chi connectivity index (χ4n) is 1.60. The van der Waals surface area contributed by atoms with Gasteiger partial charge in [-0.15, -0.1) is 0 Å². The lowest BCUT2D eigenvalue weighted by molar-refractivity contribution is -0.119. The van der Waals surface area contributed by atoms with E-state index in [-0.39, 0.29) is 17.7 Å². The number of nitrogens with zero attached hydrogens (tertiary/aromatic N) is 1. The van der Waals surface area contributed by atoms with Gasteiger partial charge in [0.15, 0.2) is 16.8 Å². The zero-order valence-electron chi connectivity index (χ0n) is 11.2. The van der Waals surface area contributed by atoms with Gasteiger partial charge in [-0.2, -0.15) is 0 Å². The maximum atomic E-state index is 13.1. The predicted octanol–water partition coefficient (Wildman–Crippen LogP) is 2.85. The summed E-state index contributed by atoms with van der Waals surface area (Å²) < 4.78 is 26.1. The van der Waals surface area contributed by atoms with Crippen molar-refractivity contribution >= 4 is 28.7 Å². The number of aromatic nitrogens is 2. The number of imidazole rings is 1. The zero-order valence-corrected chi connectivity index (χ0v) is 12.0. The molecule has 108 valence electrons. The molecule has 0 bridgehead atoms. The Balaban J connectivity index is 2.02. The van der Waals surface area contributed by atoms with Crippen LogP contribution in [0.5, 0.6) is 0 Å². The zero-order chi connectivity index (χ0) is 14.7. The largest absolute Gasteiger partial charge is 0.353 e. The molecule has 0 aliphatic carbocycles. The fraction of sp³-hybridized carbons (Fsp3) is 0.385. The summed E-state index contributed by atoms with van der Waals surface area (Å²) in [6.45, 7) is 3.91. The van der Waals surface area contributed by atoms with Gasteiger partial charge >= 0.3 is 0 Å². The van der Waals surface area contributed by atoms with Gasteiger partial charge in [0.2, 0.25) is 5.91 Å². The Labute approximate surface area is 119 Å². The normalized spacial score (nSPS) is 12.6. The molecule has 2 N–H and O–H groups in total. The molecular formula is C13H15F2N3OS. The first-order chi connectivity index (χ1) is 9.49. The van der Waals surface area contributed by atoms with Crippen molar-refractivity contribution in [1.29, 1.82) is 0 Å². The number of aromatic amines is 1. The smallest absolute Gasteiger partial charge is 0.230 e. The number of benzene rings is 1. The Kier molecular flexibility index (Phi) is 4.59. The van der Waals surface area contributed by atoms with Gasteiger partial charge in [-0.3, -0.25) is 4.79 Å². The number of rotatable bonds is 5. The van der Waals surface area contributed by atoms with Crippen molar-refractivity contribution in [3.63, 3.8) is 0 Å². The number of fused-ring (bicyclic) bond motifs is 1. The van der Waals surface area contributed by atoms with E-state index < -0.39 is 11.6 Å². The van der Waals surface area contributed by atoms with E-state index in [2.05, 4.69) is 15.3 Å². The van der Waals surface area contributed by atoms with Crippen LogP contribution in [0.1, 0.15) is 20.3 Å². The van der Waals surface area contributed by atoms with E-state index in [4.69, 9.17) is 0 Å². The molecule has 1 aromatic heterocycles. The standard InChI is InChI=1S/C13H15F2N3OS/c1-3-7(2)16-12(19)6-20-13-17-10-4-8(14)9(15)5-11(10)18-13/h4-5,7H,3,6H2,1-2H3,(H,16,19)(H,17,18)/t7-/m0/s1. The van der Waals surface area contributed by atoms with Crippen molar-refractivity contribution in [3.05, 3.63) is 23.8 Å². The minimum Gasteiger partial charge on any atom is -0.353 e. The van der Waals surface area contributed by atoms with Gasteiger partial charge in [0.25, 0.3) is 0 Å². The molecule has 0 aliphatic rings. The van der Waals surface area contributed by atoms with Crippen LogP contribution in [0.4, 0.5) is 8.78 Å². The average molecular weight is 299 g/mol. The highest BCUT2D eigenvalue weighted by molar-refractivity contribution is 7.99. The molecule has 20 heavy (non-hydrogen) atoms. The van der Waals surface area contributed by atoms with Crippen LogP contribution in [0, 0.1) is 11.6 Å². The van der Waals surface area contributed by atoms with Crippen molar-refractivity contribution in [3.8, 4) is 0 Å². The summed E-state index contributed by atoms with van der Waals surface area (Å²) >= 11 is 1.19. The SMILES string of the molecule is CC[C@H](C)NC(=O)CSc1nc2cc(F)c(F)cc2[nH]1. The second kappa shape index (κ2) is 6.21. The van der Waals surface area contributed by atoms with Gasteiger partial charge in [0, 0.05) is 18.2 Å². The highest BCUT2D eigenvalue weighted by Crippen LogP contribution is 2.21. The number of halogens is 2. The number of hydrogen-bond acceptors (Lipinski definition) is 3. The molecule has 2 aromatic rings. The molecular weight excluding hydrogens is 284 g/mol. The highest BCUT2D eigenvalue weighted by Gasteiger charge is 2.11. The van der Waals surface area contributed by atoms with Gasteiger partial charge in [0.05, 0.1) is 16.8 Å². The second-order valence-corrected chi connectivity index (χ2v) is 5.45. The molecule has 1 aromatic carbocycles. The van der Waals surface area contributed by atoms with E-state index in [1.165, 1.54) is 11.8 Å². The highest BCUT2D eigenvalue weighted by atomic mass is 32.2. The molecule has 0 saturated carbocycles. The maximum absolute atomic E-state index is 13.1. The lowest BCUT2D eigenvalue weighted by Gasteiger charge is -2.10. The van der Waals surface area contributed by atoms with Crippen LogP contribution in [0.15, 0.2) is 17.3 Å². The summed E-state index contributed by atoms with van der Waals surface area (Å²) in [5.74, 6) is -1.75. The summed E-state index contributed by atoms with van der Waals surface area (Å²) in [6, 6.07) is 2.22. The van der Waals surface area contributed by atoms with Crippen LogP contribution < -0.4 is 5.32 Å². The minimum absolute atomic E-state index is 0.0952. The van der Waals surface area contributed by atoms with Crippen LogP contribution in [0.3, 0.4) is 0 Å². The summed E-state index contributed by atoms with van der Waals surface area (Å²) in [4.78, 5) is 18.6. The molecule has 1 atom stereocenters. The van der Waals surface area contributed by atoms with Crippen molar-refractivity contribution in [2.24, 2.45) is 0 Å². The summed E-state index contributed by atoms with van der Waals surface area (Å²) in [7, 11) is 0. The molecule has 0 radical (unpaired) electrons. The first kappa shape index (κ1) is 14.8. The van der Waals surface area contributed by atoms with Crippen LogP contribution in [-0.4, -0.2) is 27.7 Å². The second-order valence-electron chi connectivity index (χ2n) is 4.49. The summed E-state index contributed by atoms with van der Waals surface area (Å²) in [6.07, 6.45) is 0.861. The third-order valence-corrected chi connectivity index (χ3v) is 3.74. The molecule has 0 spiro atoms. The number of hydrogen-bond donors (Lipinski definition) is 2. The Morgan fingerprint density at radius 3 is 2.85 bits per heavy atom. The van der Waals surface area contributed by atoms with E-state index in [1.807, 2.05) is 13.8 Å². The lowest BCUT2D eigenvalue weighted by Crippen LogP contribution is -2.33. The molecule has 0 saturated heterocycles. The Bertz CT molecular complexity index is 590. The van der Waals surface area contributed by atoms with Crippen molar-refractivity contribution in [2.45, 2.75) is 31.5 Å². The first-order valence-corrected chi connectivity index (χ1v) is 7.25. The molecule has 7 heteroatoms. The lowest BCUT2D eigenvalue weighted by atomic mass is 10.3. The van der Waals surface area contributed by atoms with Gasteiger partial charge < -0.3 is 10.3 Å². The monoisotopic (exact) mass is 299 g/mol. The molecule has 1 heterocycles. The van der Waals surface area contributed by atoms with E-state index in [9.17, 15) is 13.6 Å². The summed E-state index contributed by atoms with van der Waals surface area (Å²) in [5.41, 5.74) is 0.752. The molecule has 0 fully saturated rings. The molecule has 0 unspecified atom stereocenters. The number of amides is 1. The molecule has 2 rings (SSSR count). The third-order valence-electron chi connectivity index (χ3n) is 2.86. The van der Waals surface area contributed by atoms with Gasteiger partial charge in [-0.05, 0) is 13.3 Å². The van der Waals surface area contributed by atoms with Gasteiger partial charge in [-0.1, -0.05) is 18.7 Å². The van der Waals surface area contributed by atoms with Gasteiger partial charge in [-0.25, -0.2) is 13.8 Å². The van der Waals surface area contributed by atoms with Crippen molar-refractivity contribution in [2.75, 3.05) is 5.75 Å². The van der Waals surface area contributed by atoms with Crippen molar-refractivity contribution < 1.29 is 13.6 Å². The van der Waals surface area contributed by atoms with Gasteiger partial charge in [0.1, 0.15) is 0 Å². The average Bonchev–Trinajstić information content (AvgIpc) is 2.78. The first-order valence-electron chi connectivity index (χ1n) is 6.26. The number of carbonyl (C=O) groups excluding carboxylic acids is 1. The van der Waals surface area contributed by atoms with E-state index in [1.54, 1.807) is 0 Å². The van der Waals surface area contributed by atoms with Crippen LogP contribution >= 0.6 is 11.8 Å². The summed E-state index contributed by atoms with van der Waals surface area (Å²) in [5, 5.41) is 3.29. The van der Waals surface area contributed by atoms with Crippen molar-refractivity contribution in [1.82, 2.24) is 15.3 Å². The number of carbonyl (C=O) groups is 1. The Morgan fingerprint density at radius 2 is 2.15 bits per heavy atom. The molecule has 0 aliphatic heterocycles. The van der Waals surface area contributed by atoms with Crippen LogP contribution in [0.25, 0.3) is 11.0 Å². The van der Waals surface area contributed by atoms with E-state index >= 15 is 0 Å². The van der Waals surface area contributed by atoms with Crippen LogP contribution in [-0.2, 0) is 4.79 Å². The Hall–Kier alpha value is -1.63. The number of thioether (sulfide) groups is 1. The molecule has 1 amide bonds. The number of H-pyrrole nitrogens is 1. The quantitative estimate of drug-likeness (QED) is 0.835. The predicted molar refractivity (Wildman–Crippen MR) is 74.6 cm³/mol. The maximum Gasteiger partial charge on any atom is 0.230 e. The minimum atomic E-state index is -0.935. The number of nitrogens with one attached hydrogen (secondary N) is 2. The van der Waals surface area contributed by atoms with E-state index in [0.29, 0.717) is 16.2 Å². The third kappa shape index (κ3) is 3.47. The Morgan fingerprint density at radius 1 is 1.45 bits per heavy atom. The topological polar surface area (TPSA) is 57.8 Å².